The Labute approximate surface area is 120 Å². The van der Waals surface area contributed by atoms with Crippen molar-refractivity contribution in [3.63, 3.8) is 0 Å². The molecule has 2 heterocycles. The number of nitrogens with zero attached hydrogens (tertiary/aromatic N) is 3. The van der Waals surface area contributed by atoms with Gasteiger partial charge in [0, 0.05) is 18.0 Å². The second-order valence-electron chi connectivity index (χ2n) is 5.23. The Morgan fingerprint density at radius 3 is 2.43 bits per heavy atom. The SMILES string of the molecule is Nc1nnc(C2CCN(Cc3c(F)cccc3F)CC2)o1. The zero-order chi connectivity index (χ0) is 14.8. The average molecular weight is 294 g/mol. The van der Waals surface area contributed by atoms with Gasteiger partial charge >= 0.3 is 6.01 Å². The summed E-state index contributed by atoms with van der Waals surface area (Å²) in [5.41, 5.74) is 5.54. The second kappa shape index (κ2) is 5.77. The Balaban J connectivity index is 1.61. The van der Waals surface area contributed by atoms with Crippen LogP contribution < -0.4 is 5.73 Å². The van der Waals surface area contributed by atoms with Gasteiger partial charge in [-0.3, -0.25) is 4.90 Å². The van der Waals surface area contributed by atoms with E-state index in [1.165, 1.54) is 18.2 Å². The van der Waals surface area contributed by atoms with E-state index in [1.54, 1.807) is 0 Å². The molecule has 2 aromatic rings. The van der Waals surface area contributed by atoms with Crippen LogP contribution in [0.4, 0.5) is 14.8 Å². The fourth-order valence-corrected chi connectivity index (χ4v) is 2.66. The zero-order valence-electron chi connectivity index (χ0n) is 11.4. The van der Waals surface area contributed by atoms with Crippen LogP contribution in [-0.2, 0) is 6.54 Å². The Hall–Kier alpha value is -2.02. The number of piperidine rings is 1. The second-order valence-corrected chi connectivity index (χ2v) is 5.23. The molecule has 1 aliphatic heterocycles. The van der Waals surface area contributed by atoms with Crippen molar-refractivity contribution in [2.24, 2.45) is 0 Å². The minimum Gasteiger partial charge on any atom is -0.408 e. The highest BCUT2D eigenvalue weighted by Crippen LogP contribution is 2.28. The maximum atomic E-state index is 13.6. The van der Waals surface area contributed by atoms with Crippen molar-refractivity contribution in [1.29, 1.82) is 0 Å². The standard InChI is InChI=1S/C14H16F2N4O/c15-11-2-1-3-12(16)10(11)8-20-6-4-9(5-7-20)13-18-19-14(17)21-13/h1-3,9H,4-8H2,(H2,17,19). The molecule has 0 atom stereocenters. The molecule has 0 aliphatic carbocycles. The Bertz CT molecular complexity index is 603. The van der Waals surface area contributed by atoms with Crippen LogP contribution >= 0.6 is 0 Å². The smallest absolute Gasteiger partial charge is 0.312 e. The van der Waals surface area contributed by atoms with Gasteiger partial charge in [0.05, 0.1) is 0 Å². The monoisotopic (exact) mass is 294 g/mol. The number of hydrogen-bond donors (Lipinski definition) is 1. The molecular formula is C14H16F2N4O. The minimum absolute atomic E-state index is 0.0702. The van der Waals surface area contributed by atoms with Gasteiger partial charge in [-0.1, -0.05) is 11.2 Å². The van der Waals surface area contributed by atoms with Gasteiger partial charge in [-0.25, -0.2) is 8.78 Å². The molecule has 112 valence electrons. The van der Waals surface area contributed by atoms with Crippen molar-refractivity contribution in [2.75, 3.05) is 18.8 Å². The fraction of sp³-hybridized carbons (Fsp3) is 0.429. The molecule has 1 aliphatic rings. The lowest BCUT2D eigenvalue weighted by Crippen LogP contribution is -2.33. The largest absolute Gasteiger partial charge is 0.408 e. The Morgan fingerprint density at radius 2 is 1.86 bits per heavy atom. The summed E-state index contributed by atoms with van der Waals surface area (Å²) in [4.78, 5) is 2.03. The molecule has 0 bridgehead atoms. The van der Waals surface area contributed by atoms with Gasteiger partial charge < -0.3 is 10.2 Å². The molecule has 2 N–H and O–H groups in total. The van der Waals surface area contributed by atoms with Crippen LogP contribution in [0.2, 0.25) is 0 Å². The first-order valence-corrected chi connectivity index (χ1v) is 6.87. The summed E-state index contributed by atoms with van der Waals surface area (Å²) in [5, 5.41) is 7.55. The summed E-state index contributed by atoms with van der Waals surface area (Å²) in [7, 11) is 0. The van der Waals surface area contributed by atoms with Crippen molar-refractivity contribution in [1.82, 2.24) is 15.1 Å². The number of nitrogen functional groups attached to an aromatic ring is 1. The molecule has 1 aromatic carbocycles. The van der Waals surface area contributed by atoms with Gasteiger partial charge in [0.25, 0.3) is 0 Å². The third kappa shape index (κ3) is 3.02. The summed E-state index contributed by atoms with van der Waals surface area (Å²) < 4.78 is 32.5. The summed E-state index contributed by atoms with van der Waals surface area (Å²) in [5.74, 6) is -0.288. The molecule has 0 saturated carbocycles. The number of nitrogens with two attached hydrogens (primary N) is 1. The van der Waals surface area contributed by atoms with Crippen molar-refractivity contribution in [2.45, 2.75) is 25.3 Å². The van der Waals surface area contributed by atoms with E-state index in [4.69, 9.17) is 10.2 Å². The summed E-state index contributed by atoms with van der Waals surface area (Å²) in [6.45, 7) is 1.72. The highest BCUT2D eigenvalue weighted by atomic mass is 19.1. The lowest BCUT2D eigenvalue weighted by Gasteiger charge is -2.30. The maximum absolute atomic E-state index is 13.6. The number of halogens is 2. The highest BCUT2D eigenvalue weighted by Gasteiger charge is 2.25. The van der Waals surface area contributed by atoms with Crippen LogP contribution in [0, 0.1) is 11.6 Å². The fourth-order valence-electron chi connectivity index (χ4n) is 2.66. The quantitative estimate of drug-likeness (QED) is 0.940. The summed E-state index contributed by atoms with van der Waals surface area (Å²) in [6, 6.07) is 4.01. The Morgan fingerprint density at radius 1 is 1.19 bits per heavy atom. The van der Waals surface area contributed by atoms with Gasteiger partial charge in [0.2, 0.25) is 5.89 Å². The number of likely N-dealkylation sites (tertiary alicyclic amines) is 1. The van der Waals surface area contributed by atoms with Crippen LogP contribution in [-0.4, -0.2) is 28.2 Å². The number of hydrogen-bond acceptors (Lipinski definition) is 5. The van der Waals surface area contributed by atoms with Gasteiger partial charge in [-0.2, -0.15) is 0 Å². The Kier molecular flexibility index (Phi) is 3.83. The van der Waals surface area contributed by atoms with E-state index in [-0.39, 0.29) is 24.0 Å². The predicted octanol–water partition coefficient (Wildman–Crippen LogP) is 2.31. The molecule has 7 heteroatoms. The van der Waals surface area contributed by atoms with Crippen molar-refractivity contribution < 1.29 is 13.2 Å². The first-order valence-electron chi connectivity index (χ1n) is 6.87. The van der Waals surface area contributed by atoms with Crippen LogP contribution in [0.15, 0.2) is 22.6 Å². The van der Waals surface area contributed by atoms with E-state index in [9.17, 15) is 8.78 Å². The number of aromatic nitrogens is 2. The normalized spacial score (nSPS) is 17.2. The van der Waals surface area contributed by atoms with Crippen molar-refractivity contribution >= 4 is 6.01 Å². The van der Waals surface area contributed by atoms with Crippen LogP contribution in [0.25, 0.3) is 0 Å². The molecule has 5 nitrogen and oxygen atoms in total. The first kappa shape index (κ1) is 13.9. The van der Waals surface area contributed by atoms with E-state index in [0.29, 0.717) is 5.89 Å². The predicted molar refractivity (Wildman–Crippen MR) is 72.3 cm³/mol. The van der Waals surface area contributed by atoms with Gasteiger partial charge in [0.15, 0.2) is 0 Å². The van der Waals surface area contributed by atoms with E-state index < -0.39 is 11.6 Å². The maximum Gasteiger partial charge on any atom is 0.312 e. The molecular weight excluding hydrogens is 278 g/mol. The van der Waals surface area contributed by atoms with Gasteiger partial charge in [0.1, 0.15) is 11.6 Å². The molecule has 0 amide bonds. The molecule has 0 radical (unpaired) electrons. The molecule has 21 heavy (non-hydrogen) atoms. The molecule has 3 rings (SSSR count). The minimum atomic E-state index is -0.498. The lowest BCUT2D eigenvalue weighted by molar-refractivity contribution is 0.189. The van der Waals surface area contributed by atoms with E-state index >= 15 is 0 Å². The third-order valence-electron chi connectivity index (χ3n) is 3.84. The molecule has 0 spiro atoms. The van der Waals surface area contributed by atoms with E-state index in [2.05, 4.69) is 10.2 Å². The third-order valence-corrected chi connectivity index (χ3v) is 3.84. The van der Waals surface area contributed by atoms with Crippen molar-refractivity contribution in [3.05, 3.63) is 41.3 Å². The molecule has 1 saturated heterocycles. The van der Waals surface area contributed by atoms with Crippen LogP contribution in [0.1, 0.15) is 30.2 Å². The average Bonchev–Trinajstić information content (AvgIpc) is 2.90. The lowest BCUT2D eigenvalue weighted by atomic mass is 9.96. The molecule has 1 fully saturated rings. The molecule has 1 aromatic heterocycles. The zero-order valence-corrected chi connectivity index (χ0v) is 11.4. The van der Waals surface area contributed by atoms with Gasteiger partial charge in [-0.15, -0.1) is 5.10 Å². The number of rotatable bonds is 3. The van der Waals surface area contributed by atoms with E-state index in [1.807, 2.05) is 4.90 Å². The van der Waals surface area contributed by atoms with Crippen LogP contribution in [0.3, 0.4) is 0 Å². The van der Waals surface area contributed by atoms with Crippen LogP contribution in [0.5, 0.6) is 0 Å². The summed E-state index contributed by atoms with van der Waals surface area (Å²) >= 11 is 0. The van der Waals surface area contributed by atoms with E-state index in [0.717, 1.165) is 25.9 Å². The number of anilines is 1. The number of benzene rings is 1. The highest BCUT2D eigenvalue weighted by molar-refractivity contribution is 5.19. The topological polar surface area (TPSA) is 68.2 Å². The van der Waals surface area contributed by atoms with Crippen molar-refractivity contribution in [3.8, 4) is 0 Å². The van der Waals surface area contributed by atoms with Gasteiger partial charge in [-0.05, 0) is 38.1 Å². The summed E-state index contributed by atoms with van der Waals surface area (Å²) in [6.07, 6.45) is 1.61. The first-order chi connectivity index (χ1) is 10.1. The molecule has 0 unspecified atom stereocenters.